The Kier molecular flexibility index (Phi) is 21.2. The Labute approximate surface area is 413 Å². The maximum atomic E-state index is 15.7. The standard InChI is InChI=1S/C46H58F8N6O13/c1-58(24-32(62)39(64)40(65)33(63)25-61)11-12-69-13-14-70-15-16-71-17-18-72-19-20-73-34-8-5-27(37(47)38(34)48)23-60-43(68)36(41(66)44(59(60)2)9-3-4-10-44)42(67)57-30-7-6-28(45(49,50)51)21-29(30)31-22-35(46(52,53)54)56-26-55-31/h5-8,21-22,26,32-33,39-40,61-66H,3-4,9-20,23-25H2,1-2H3,(H,57,67). The van der Waals surface area contributed by atoms with E-state index in [0.717, 1.165) is 23.2 Å². The average Bonchev–Trinajstić information content (AvgIpc) is 3.85. The van der Waals surface area contributed by atoms with Crippen LogP contribution >= 0.6 is 0 Å². The van der Waals surface area contributed by atoms with Gasteiger partial charge in [0.05, 0.1) is 94.6 Å². The Morgan fingerprint density at radius 2 is 1.40 bits per heavy atom. The van der Waals surface area contributed by atoms with Crippen LogP contribution in [0.4, 0.5) is 40.8 Å². The molecule has 406 valence electrons. The Bertz CT molecular complexity index is 2340. The molecule has 0 radical (unpaired) electrons. The van der Waals surface area contributed by atoms with Crippen LogP contribution in [0.25, 0.3) is 11.3 Å². The summed E-state index contributed by atoms with van der Waals surface area (Å²) in [6.45, 7) is 0.224. The Morgan fingerprint density at radius 3 is 1.99 bits per heavy atom. The average molecular weight is 1050 g/mol. The monoisotopic (exact) mass is 1050 g/mol. The maximum absolute atomic E-state index is 15.7. The van der Waals surface area contributed by atoms with Crippen LogP contribution in [0, 0.1) is 11.6 Å². The van der Waals surface area contributed by atoms with Gasteiger partial charge in [0.1, 0.15) is 48.3 Å². The third-order valence-corrected chi connectivity index (χ3v) is 12.1. The van der Waals surface area contributed by atoms with Crippen LogP contribution < -0.4 is 10.1 Å². The van der Waals surface area contributed by atoms with Crippen LogP contribution in [-0.2, 0) is 47.4 Å². The molecular formula is C46H58F8N6O13. The van der Waals surface area contributed by atoms with Crippen molar-refractivity contribution in [3.63, 3.8) is 0 Å². The third kappa shape index (κ3) is 15.2. The minimum atomic E-state index is -5.02. The van der Waals surface area contributed by atoms with Gasteiger partial charge >= 0.3 is 12.4 Å². The quantitative estimate of drug-likeness (QED) is 0.0329. The number of aliphatic hydroxyl groups is 6. The summed E-state index contributed by atoms with van der Waals surface area (Å²) in [6.07, 6.45) is -14.5. The van der Waals surface area contributed by atoms with Crippen molar-refractivity contribution >= 4 is 17.5 Å². The molecule has 2 aromatic carbocycles. The normalized spacial score (nSPS) is 17.2. The fraction of sp³-hybridized carbons (Fsp3) is 0.565. The minimum Gasteiger partial charge on any atom is -0.509 e. The summed E-state index contributed by atoms with van der Waals surface area (Å²) in [6, 6.07) is 4.38. The molecule has 1 aliphatic heterocycles. The second-order valence-corrected chi connectivity index (χ2v) is 17.1. The number of alkyl halides is 6. The number of amides is 2. The molecule has 4 unspecified atom stereocenters. The van der Waals surface area contributed by atoms with E-state index >= 15 is 8.78 Å². The lowest BCUT2D eigenvalue weighted by Crippen LogP contribution is -2.62. The number of nitrogens with one attached hydrogen (secondary N) is 1. The van der Waals surface area contributed by atoms with Crippen LogP contribution in [0.2, 0.25) is 0 Å². The smallest absolute Gasteiger partial charge is 0.433 e. The fourth-order valence-corrected chi connectivity index (χ4v) is 8.01. The van der Waals surface area contributed by atoms with E-state index in [9.17, 15) is 61.5 Å². The minimum absolute atomic E-state index is 0.0297. The van der Waals surface area contributed by atoms with Gasteiger partial charge in [-0.1, -0.05) is 18.9 Å². The number of hydrazine groups is 1. The van der Waals surface area contributed by atoms with E-state index in [-0.39, 0.29) is 84.4 Å². The first-order chi connectivity index (χ1) is 34.5. The number of nitrogens with zero attached hydrogens (tertiary/aromatic N) is 5. The molecule has 73 heavy (non-hydrogen) atoms. The number of likely N-dealkylation sites (N-methyl/N-ethyl adjacent to an activating group) is 2. The highest BCUT2D eigenvalue weighted by molar-refractivity contribution is 6.24. The number of carbonyl (C=O) groups is 2. The molecule has 7 N–H and O–H groups in total. The number of rotatable bonds is 27. The summed E-state index contributed by atoms with van der Waals surface area (Å²) in [5.74, 6) is -6.56. The van der Waals surface area contributed by atoms with Gasteiger partial charge in [-0.3, -0.25) is 14.6 Å². The molecule has 0 bridgehead atoms. The lowest BCUT2D eigenvalue weighted by molar-refractivity contribution is -0.163. The number of benzene rings is 2. The highest BCUT2D eigenvalue weighted by Gasteiger charge is 2.53. The number of anilines is 1. The van der Waals surface area contributed by atoms with E-state index in [1.54, 1.807) is 11.9 Å². The summed E-state index contributed by atoms with van der Waals surface area (Å²) in [5, 5.41) is 64.0. The maximum Gasteiger partial charge on any atom is 0.433 e. The molecule has 1 aromatic heterocycles. The zero-order valence-electron chi connectivity index (χ0n) is 39.7. The predicted molar refractivity (Wildman–Crippen MR) is 239 cm³/mol. The van der Waals surface area contributed by atoms with Crippen molar-refractivity contribution in [3.8, 4) is 17.0 Å². The molecule has 27 heteroatoms. The van der Waals surface area contributed by atoms with Crippen molar-refractivity contribution in [2.75, 3.05) is 98.6 Å². The zero-order chi connectivity index (χ0) is 53.7. The molecule has 0 saturated heterocycles. The summed E-state index contributed by atoms with van der Waals surface area (Å²) in [7, 11) is 3.06. The highest BCUT2D eigenvalue weighted by atomic mass is 19.4. The van der Waals surface area contributed by atoms with E-state index in [1.807, 2.05) is 0 Å². The van der Waals surface area contributed by atoms with Crippen LogP contribution in [0.1, 0.15) is 42.5 Å². The molecule has 2 amide bonds. The third-order valence-electron chi connectivity index (χ3n) is 12.1. The molecule has 3 aromatic rings. The summed E-state index contributed by atoms with van der Waals surface area (Å²) in [5.41, 5.74) is -7.26. The SMILES string of the molecule is CN(CCOCCOCCOCCOCCOc1ccc(CN2C(=O)C(C(=O)Nc3ccc(C(F)(F)F)cc3-c3cc(C(F)(F)F)ncn3)=C(O)C3(CCCC3)N2C)c(F)c1F)CC(O)C(O)C(O)C(O)CO. The van der Waals surface area contributed by atoms with Gasteiger partial charge in [-0.25, -0.2) is 19.4 Å². The number of carbonyl (C=O) groups excluding carboxylic acids is 2. The molecule has 1 spiro atoms. The Morgan fingerprint density at radius 1 is 0.808 bits per heavy atom. The second kappa shape index (κ2) is 26.3. The van der Waals surface area contributed by atoms with E-state index < -0.39 is 124 Å². The number of hydrogen-bond acceptors (Lipinski definition) is 17. The number of aromatic nitrogens is 2. The van der Waals surface area contributed by atoms with Crippen molar-refractivity contribution in [1.82, 2.24) is 24.9 Å². The lowest BCUT2D eigenvalue weighted by atomic mass is 9.88. The second-order valence-electron chi connectivity index (χ2n) is 17.1. The zero-order valence-corrected chi connectivity index (χ0v) is 39.7. The van der Waals surface area contributed by atoms with Crippen LogP contribution in [-0.4, -0.2) is 191 Å². The van der Waals surface area contributed by atoms with E-state index in [4.69, 9.17) is 28.8 Å². The molecule has 19 nitrogen and oxygen atoms in total. The van der Waals surface area contributed by atoms with Crippen molar-refractivity contribution in [2.45, 2.75) is 74.5 Å². The molecule has 1 aliphatic carbocycles. The van der Waals surface area contributed by atoms with Gasteiger partial charge in [0.2, 0.25) is 5.82 Å². The Hall–Kier alpha value is -5.20. The molecule has 1 saturated carbocycles. The largest absolute Gasteiger partial charge is 0.509 e. The van der Waals surface area contributed by atoms with Gasteiger partial charge in [0.25, 0.3) is 11.8 Å². The molecule has 1 fully saturated rings. The first-order valence-corrected chi connectivity index (χ1v) is 22.9. The molecule has 5 rings (SSSR count). The van der Waals surface area contributed by atoms with E-state index in [2.05, 4.69) is 15.3 Å². The van der Waals surface area contributed by atoms with Gasteiger partial charge in [0, 0.05) is 31.3 Å². The van der Waals surface area contributed by atoms with Crippen LogP contribution in [0.5, 0.6) is 5.75 Å². The Balaban J connectivity index is 1.09. The van der Waals surface area contributed by atoms with Crippen molar-refractivity contribution in [1.29, 1.82) is 0 Å². The van der Waals surface area contributed by atoms with Gasteiger partial charge in [-0.2, -0.15) is 30.7 Å². The summed E-state index contributed by atoms with van der Waals surface area (Å²) < 4.78 is 140. The van der Waals surface area contributed by atoms with Gasteiger partial charge in [-0.05, 0) is 50.2 Å². The first kappa shape index (κ1) is 58.7. The van der Waals surface area contributed by atoms with Gasteiger partial charge in [-0.15, -0.1) is 0 Å². The topological polar surface area (TPSA) is 249 Å². The predicted octanol–water partition coefficient (Wildman–Crippen LogP) is 3.22. The molecule has 2 heterocycles. The summed E-state index contributed by atoms with van der Waals surface area (Å²) >= 11 is 0. The number of halogens is 8. The molecular weight excluding hydrogens is 997 g/mol. The number of hydrogen-bond donors (Lipinski definition) is 7. The molecule has 4 atom stereocenters. The van der Waals surface area contributed by atoms with E-state index in [0.29, 0.717) is 43.9 Å². The van der Waals surface area contributed by atoms with Crippen molar-refractivity contribution in [3.05, 3.63) is 82.5 Å². The highest BCUT2D eigenvalue weighted by Crippen LogP contribution is 2.45. The molecule has 2 aliphatic rings. The number of ether oxygens (including phenoxy) is 5. The first-order valence-electron chi connectivity index (χ1n) is 22.9. The van der Waals surface area contributed by atoms with Crippen LogP contribution in [0.15, 0.2) is 54.1 Å². The van der Waals surface area contributed by atoms with Crippen molar-refractivity contribution in [2.24, 2.45) is 0 Å². The van der Waals surface area contributed by atoms with Gasteiger partial charge < -0.3 is 64.5 Å². The van der Waals surface area contributed by atoms with Crippen LogP contribution in [0.3, 0.4) is 0 Å². The number of aliphatic hydroxyl groups excluding tert-OH is 6. The van der Waals surface area contributed by atoms with Crippen molar-refractivity contribution < 1.29 is 99.0 Å². The van der Waals surface area contributed by atoms with Gasteiger partial charge in [0.15, 0.2) is 11.6 Å². The lowest BCUT2D eigenvalue weighted by Gasteiger charge is -2.48. The summed E-state index contributed by atoms with van der Waals surface area (Å²) in [4.78, 5) is 36.6. The fourth-order valence-electron chi connectivity index (χ4n) is 8.01. The van der Waals surface area contributed by atoms with E-state index in [1.165, 1.54) is 12.1 Å².